The number of hydrogen-bond acceptors (Lipinski definition) is 6. The minimum atomic E-state index is -1.46. The van der Waals surface area contributed by atoms with Gasteiger partial charge in [-0.05, 0) is 31.2 Å². The van der Waals surface area contributed by atoms with Crippen LogP contribution in [0, 0.1) is 11.8 Å². The van der Waals surface area contributed by atoms with Gasteiger partial charge < -0.3 is 31.5 Å². The summed E-state index contributed by atoms with van der Waals surface area (Å²) in [6, 6.07) is -3.63. The molecule has 0 bridgehead atoms. The molecule has 3 amide bonds. The number of aliphatic hydroxyl groups is 1. The molecule has 166 valence electrons. The first-order chi connectivity index (χ1) is 13.6. The van der Waals surface area contributed by atoms with Crippen LogP contribution in [0.15, 0.2) is 0 Å². The van der Waals surface area contributed by atoms with E-state index in [0.717, 1.165) is 13.0 Å². The van der Waals surface area contributed by atoms with E-state index < -0.39 is 42.5 Å². The lowest BCUT2D eigenvalue weighted by Gasteiger charge is -2.29. The van der Waals surface area contributed by atoms with Crippen molar-refractivity contribution in [2.45, 2.75) is 71.1 Å². The normalized spacial score (nSPS) is 20.4. The van der Waals surface area contributed by atoms with Crippen molar-refractivity contribution in [2.24, 2.45) is 11.8 Å². The van der Waals surface area contributed by atoms with Crippen LogP contribution >= 0.6 is 0 Å². The quantitative estimate of drug-likeness (QED) is 0.252. The standard InChI is InChI=1S/C19H34N4O6/c1-5-11(4)15(23-16(25)12-7-6-8-20-12)18(27)22-14(10(2)3)17(26)21-13(9-24)19(28)29/h10-15,20,24H,5-9H2,1-4H3,(H,21,26)(H,22,27)(H,23,25)(H,28,29). The van der Waals surface area contributed by atoms with Crippen LogP contribution in [-0.4, -0.2) is 71.2 Å². The van der Waals surface area contributed by atoms with Gasteiger partial charge in [0.1, 0.15) is 18.1 Å². The van der Waals surface area contributed by atoms with Gasteiger partial charge in [-0.1, -0.05) is 34.1 Å². The van der Waals surface area contributed by atoms with Crippen LogP contribution in [0.5, 0.6) is 0 Å². The number of aliphatic carboxylic acids is 1. The molecule has 0 saturated carbocycles. The molecule has 1 fully saturated rings. The van der Waals surface area contributed by atoms with Gasteiger partial charge in [0, 0.05) is 0 Å². The first-order valence-electron chi connectivity index (χ1n) is 10.1. The fraction of sp³-hybridized carbons (Fsp3) is 0.789. The Morgan fingerprint density at radius 3 is 2.10 bits per heavy atom. The number of aliphatic hydroxyl groups excluding tert-OH is 1. The van der Waals surface area contributed by atoms with E-state index in [1.165, 1.54) is 0 Å². The monoisotopic (exact) mass is 414 g/mol. The van der Waals surface area contributed by atoms with E-state index in [4.69, 9.17) is 10.2 Å². The number of carbonyl (C=O) groups excluding carboxylic acids is 3. The first kappa shape index (κ1) is 24.8. The zero-order valence-electron chi connectivity index (χ0n) is 17.5. The second-order valence-electron chi connectivity index (χ2n) is 7.83. The van der Waals surface area contributed by atoms with E-state index in [9.17, 15) is 19.2 Å². The lowest BCUT2D eigenvalue weighted by molar-refractivity contribution is -0.143. The summed E-state index contributed by atoms with van der Waals surface area (Å²) in [6.45, 7) is 7.14. The third kappa shape index (κ3) is 7.28. The predicted octanol–water partition coefficient (Wildman–Crippen LogP) is -1.03. The van der Waals surface area contributed by atoms with Crippen molar-refractivity contribution in [3.63, 3.8) is 0 Å². The summed E-state index contributed by atoms with van der Waals surface area (Å²) in [7, 11) is 0. The summed E-state index contributed by atoms with van der Waals surface area (Å²) in [4.78, 5) is 48.9. The molecule has 29 heavy (non-hydrogen) atoms. The van der Waals surface area contributed by atoms with Gasteiger partial charge in [0.25, 0.3) is 0 Å². The Labute approximate surface area is 171 Å². The molecule has 0 aromatic rings. The lowest BCUT2D eigenvalue weighted by Crippen LogP contribution is -2.60. The van der Waals surface area contributed by atoms with Gasteiger partial charge in [-0.25, -0.2) is 4.79 Å². The van der Waals surface area contributed by atoms with E-state index in [2.05, 4.69) is 21.3 Å². The minimum absolute atomic E-state index is 0.166. The highest BCUT2D eigenvalue weighted by molar-refractivity contribution is 5.94. The molecular weight excluding hydrogens is 380 g/mol. The molecule has 6 N–H and O–H groups in total. The number of carboxylic acids is 1. The van der Waals surface area contributed by atoms with Crippen LogP contribution in [0.3, 0.4) is 0 Å². The Balaban J connectivity index is 2.87. The van der Waals surface area contributed by atoms with E-state index in [1.54, 1.807) is 13.8 Å². The maximum absolute atomic E-state index is 12.9. The molecule has 0 radical (unpaired) electrons. The van der Waals surface area contributed by atoms with Crippen LogP contribution in [0.25, 0.3) is 0 Å². The van der Waals surface area contributed by atoms with Crippen LogP contribution in [0.4, 0.5) is 0 Å². The SMILES string of the molecule is CCC(C)C(NC(=O)C1CCCN1)C(=O)NC(C(=O)NC(CO)C(=O)O)C(C)C. The molecule has 1 heterocycles. The fourth-order valence-corrected chi connectivity index (χ4v) is 3.09. The smallest absolute Gasteiger partial charge is 0.328 e. The van der Waals surface area contributed by atoms with Crippen molar-refractivity contribution in [1.29, 1.82) is 0 Å². The van der Waals surface area contributed by atoms with Gasteiger partial charge in [0.15, 0.2) is 0 Å². The molecule has 1 aliphatic heterocycles. The Bertz CT molecular complexity index is 591. The van der Waals surface area contributed by atoms with Crippen LogP contribution in [0.1, 0.15) is 47.0 Å². The van der Waals surface area contributed by atoms with Gasteiger partial charge in [0.2, 0.25) is 17.7 Å². The molecule has 0 aromatic heterocycles. The molecule has 10 heteroatoms. The van der Waals surface area contributed by atoms with Crippen LogP contribution in [0.2, 0.25) is 0 Å². The molecule has 1 saturated heterocycles. The van der Waals surface area contributed by atoms with E-state index >= 15 is 0 Å². The zero-order valence-corrected chi connectivity index (χ0v) is 17.5. The van der Waals surface area contributed by atoms with Crippen molar-refractivity contribution < 1.29 is 29.4 Å². The number of carboxylic acid groups (broad SMARTS) is 1. The molecule has 0 aliphatic carbocycles. The first-order valence-corrected chi connectivity index (χ1v) is 10.1. The number of carbonyl (C=O) groups is 4. The summed E-state index contributed by atoms with van der Waals surface area (Å²) in [6.07, 6.45) is 2.24. The van der Waals surface area contributed by atoms with Gasteiger partial charge in [-0.3, -0.25) is 14.4 Å². The molecule has 0 aromatic carbocycles. The molecule has 0 spiro atoms. The number of rotatable bonds is 11. The Morgan fingerprint density at radius 2 is 1.66 bits per heavy atom. The zero-order chi connectivity index (χ0) is 22.1. The second kappa shape index (κ2) is 11.7. The summed E-state index contributed by atoms with van der Waals surface area (Å²) in [5.41, 5.74) is 0. The Morgan fingerprint density at radius 1 is 1.03 bits per heavy atom. The summed E-state index contributed by atoms with van der Waals surface area (Å²) >= 11 is 0. The van der Waals surface area contributed by atoms with Crippen LogP contribution in [-0.2, 0) is 19.2 Å². The summed E-state index contributed by atoms with van der Waals surface area (Å²) < 4.78 is 0. The van der Waals surface area contributed by atoms with E-state index in [1.807, 2.05) is 13.8 Å². The highest BCUT2D eigenvalue weighted by atomic mass is 16.4. The highest BCUT2D eigenvalue weighted by Gasteiger charge is 2.34. The second-order valence-corrected chi connectivity index (χ2v) is 7.83. The third-order valence-electron chi connectivity index (χ3n) is 5.21. The molecule has 10 nitrogen and oxygen atoms in total. The van der Waals surface area contributed by atoms with Crippen molar-refractivity contribution in [3.05, 3.63) is 0 Å². The van der Waals surface area contributed by atoms with Gasteiger partial charge in [0.05, 0.1) is 12.6 Å². The average Bonchev–Trinajstić information content (AvgIpc) is 3.21. The fourth-order valence-electron chi connectivity index (χ4n) is 3.09. The summed E-state index contributed by atoms with van der Waals surface area (Å²) in [5, 5.41) is 28.8. The number of amides is 3. The summed E-state index contributed by atoms with van der Waals surface area (Å²) in [5.74, 6) is -3.34. The Hall–Kier alpha value is -2.20. The van der Waals surface area contributed by atoms with Crippen molar-refractivity contribution in [1.82, 2.24) is 21.3 Å². The molecular formula is C19H34N4O6. The van der Waals surface area contributed by atoms with Gasteiger partial charge in [-0.2, -0.15) is 0 Å². The maximum Gasteiger partial charge on any atom is 0.328 e. The lowest BCUT2D eigenvalue weighted by atomic mass is 9.96. The van der Waals surface area contributed by atoms with Crippen LogP contribution < -0.4 is 21.3 Å². The molecule has 5 unspecified atom stereocenters. The van der Waals surface area contributed by atoms with Gasteiger partial charge >= 0.3 is 5.97 Å². The van der Waals surface area contributed by atoms with E-state index in [-0.39, 0.29) is 23.8 Å². The van der Waals surface area contributed by atoms with Gasteiger partial charge in [-0.15, -0.1) is 0 Å². The molecule has 1 rings (SSSR count). The Kier molecular flexibility index (Phi) is 10.0. The minimum Gasteiger partial charge on any atom is -0.480 e. The third-order valence-corrected chi connectivity index (χ3v) is 5.21. The topological polar surface area (TPSA) is 157 Å². The van der Waals surface area contributed by atoms with Crippen molar-refractivity contribution in [2.75, 3.05) is 13.2 Å². The highest BCUT2D eigenvalue weighted by Crippen LogP contribution is 2.12. The van der Waals surface area contributed by atoms with E-state index in [0.29, 0.717) is 12.8 Å². The molecule has 1 aliphatic rings. The largest absolute Gasteiger partial charge is 0.480 e. The predicted molar refractivity (Wildman–Crippen MR) is 106 cm³/mol. The van der Waals surface area contributed by atoms with Crippen molar-refractivity contribution >= 4 is 23.7 Å². The average molecular weight is 415 g/mol. The number of nitrogens with one attached hydrogen (secondary N) is 4. The maximum atomic E-state index is 12.9. The number of hydrogen-bond donors (Lipinski definition) is 6. The van der Waals surface area contributed by atoms with Crippen molar-refractivity contribution in [3.8, 4) is 0 Å². The molecule has 5 atom stereocenters.